The summed E-state index contributed by atoms with van der Waals surface area (Å²) in [6, 6.07) is 7.60. The Morgan fingerprint density at radius 3 is 1.92 bits per heavy atom. The number of fused-ring (bicyclic) bond motifs is 1. The zero-order valence-electron chi connectivity index (χ0n) is 17.2. The number of benzene rings is 1. The summed E-state index contributed by atoms with van der Waals surface area (Å²) < 4.78 is 4.92. The van der Waals surface area contributed by atoms with Crippen LogP contribution in [0.3, 0.4) is 0 Å². The first kappa shape index (κ1) is 21.7. The first-order valence-corrected chi connectivity index (χ1v) is 18.6. The Hall–Kier alpha value is -0.551. The van der Waals surface area contributed by atoms with E-state index in [4.69, 9.17) is 0 Å². The molecule has 1 aliphatic rings. The normalized spacial score (nSPS) is 19.9. The maximum absolute atomic E-state index is 13.1. The van der Waals surface area contributed by atoms with E-state index in [1.807, 2.05) is 36.1 Å². The number of nitrogens with zero attached hydrogens (tertiary/aromatic N) is 1. The van der Waals surface area contributed by atoms with Gasteiger partial charge in [0.15, 0.2) is 0 Å². The van der Waals surface area contributed by atoms with E-state index in [1.165, 1.54) is 51.8 Å². The molecule has 0 spiro atoms. The molecule has 0 saturated heterocycles. The molecule has 0 radical (unpaired) electrons. The van der Waals surface area contributed by atoms with Crippen LogP contribution in [-0.4, -0.2) is 38.9 Å². The molecule has 1 aromatic carbocycles. The number of hydrogen-bond acceptors (Lipinski definition) is 2. The van der Waals surface area contributed by atoms with Gasteiger partial charge in [0.05, 0.1) is 0 Å². The van der Waals surface area contributed by atoms with Gasteiger partial charge in [-0.3, -0.25) is 0 Å². The molecule has 0 aromatic heterocycles. The molecule has 3 nitrogen and oxygen atoms in total. The predicted octanol–water partition coefficient (Wildman–Crippen LogP) is 5.70. The van der Waals surface area contributed by atoms with Gasteiger partial charge in [0.25, 0.3) is 0 Å². The van der Waals surface area contributed by atoms with Gasteiger partial charge >= 0.3 is 164 Å². The van der Waals surface area contributed by atoms with Crippen LogP contribution in [0.5, 0.6) is 0 Å². The van der Waals surface area contributed by atoms with Gasteiger partial charge in [-0.05, 0) is 0 Å². The Balaban J connectivity index is 2.32. The number of amides is 1. The molecule has 1 unspecified atom stereocenters. The number of unbranched alkanes of at least 4 members (excludes halogenated alkanes) is 3. The van der Waals surface area contributed by atoms with Gasteiger partial charge in [0.1, 0.15) is 0 Å². The second-order valence-electron chi connectivity index (χ2n) is 8.27. The molecule has 26 heavy (non-hydrogen) atoms. The zero-order chi connectivity index (χ0) is 19.2. The maximum atomic E-state index is 13.1. The van der Waals surface area contributed by atoms with Gasteiger partial charge in [-0.15, -0.1) is 0 Å². The minimum absolute atomic E-state index is 0.0381. The van der Waals surface area contributed by atoms with Crippen molar-refractivity contribution >= 4 is 24.3 Å². The third kappa shape index (κ3) is 4.64. The average Bonchev–Trinajstić information content (AvgIpc) is 2.83. The first-order chi connectivity index (χ1) is 12.4. The molecule has 1 aromatic rings. The molecular weight excluding hydrogens is 429 g/mol. The first-order valence-electron chi connectivity index (χ1n) is 10.6. The van der Waals surface area contributed by atoms with Crippen molar-refractivity contribution in [2.45, 2.75) is 85.3 Å². The van der Waals surface area contributed by atoms with Gasteiger partial charge in [-0.25, -0.2) is 0 Å². The van der Waals surface area contributed by atoms with Crippen molar-refractivity contribution in [3.05, 3.63) is 35.4 Å². The minimum atomic E-state index is -2.55. The Morgan fingerprint density at radius 1 is 0.962 bits per heavy atom. The van der Waals surface area contributed by atoms with Crippen LogP contribution in [0.2, 0.25) is 13.3 Å². The Bertz CT molecular complexity index is 578. The number of carbonyl (C=O) groups excluding carboxylic acids is 1. The average molecular weight is 466 g/mol. The van der Waals surface area contributed by atoms with E-state index in [2.05, 4.69) is 20.8 Å². The summed E-state index contributed by atoms with van der Waals surface area (Å²) in [6.45, 7) is 8.61. The second kappa shape index (κ2) is 9.59. The van der Waals surface area contributed by atoms with Gasteiger partial charge in [0.2, 0.25) is 0 Å². The molecule has 2 rings (SSSR count). The summed E-state index contributed by atoms with van der Waals surface area (Å²) in [4.78, 5) is 15.0. The summed E-state index contributed by atoms with van der Waals surface area (Å²) in [5, 5.41) is 11.3. The SMILES string of the molecule is CCC[CH2][Sn]([CH2]CCC)([CH2]CCC)[CH2]N1C(=O)c2ccccc2C1(C)O. The zero-order valence-corrected chi connectivity index (χ0v) is 20.0. The van der Waals surface area contributed by atoms with Gasteiger partial charge in [0, 0.05) is 0 Å². The van der Waals surface area contributed by atoms with E-state index in [9.17, 15) is 9.90 Å². The van der Waals surface area contributed by atoms with Gasteiger partial charge < -0.3 is 0 Å². The fraction of sp³-hybridized carbons (Fsp3) is 0.682. The summed E-state index contributed by atoms with van der Waals surface area (Å²) in [6.07, 6.45) is 7.51. The number of rotatable bonds is 11. The Morgan fingerprint density at radius 2 is 1.46 bits per heavy atom. The van der Waals surface area contributed by atoms with Gasteiger partial charge in [-0.2, -0.15) is 0 Å². The van der Waals surface area contributed by atoms with E-state index in [-0.39, 0.29) is 5.91 Å². The molecule has 0 fully saturated rings. The molecular formula is C22H37NO2Sn. The quantitative estimate of drug-likeness (QED) is 0.426. The molecule has 1 N–H and O–H groups in total. The number of carbonyl (C=O) groups is 1. The van der Waals surface area contributed by atoms with Crippen molar-refractivity contribution < 1.29 is 9.90 Å². The van der Waals surface area contributed by atoms with Crippen LogP contribution in [0.15, 0.2) is 24.3 Å². The molecule has 1 amide bonds. The second-order valence-corrected chi connectivity index (χ2v) is 22.0. The van der Waals surface area contributed by atoms with Gasteiger partial charge in [-0.1, -0.05) is 0 Å². The summed E-state index contributed by atoms with van der Waals surface area (Å²) >= 11 is -2.55. The van der Waals surface area contributed by atoms with Crippen molar-refractivity contribution in [3.63, 3.8) is 0 Å². The van der Waals surface area contributed by atoms with E-state index >= 15 is 0 Å². The van der Waals surface area contributed by atoms with E-state index in [1.54, 1.807) is 0 Å². The Labute approximate surface area is 164 Å². The standard InChI is InChI=1S/C10H10NO2.3C4H9.Sn/c1-10(13)8-6-4-3-5-7(8)9(12)11(10)2;3*1-3-4-2;/h3-6,13H,2H2,1H3;3*1,3-4H2,2H3;. The van der Waals surface area contributed by atoms with Crippen LogP contribution in [0.1, 0.15) is 82.1 Å². The molecule has 0 bridgehead atoms. The summed E-state index contributed by atoms with van der Waals surface area (Å²) in [7, 11) is 0. The van der Waals surface area contributed by atoms with Crippen molar-refractivity contribution in [2.75, 3.05) is 4.56 Å². The Kier molecular flexibility index (Phi) is 8.02. The number of aliphatic hydroxyl groups is 1. The van der Waals surface area contributed by atoms with E-state index < -0.39 is 24.1 Å². The molecule has 0 saturated carbocycles. The molecule has 0 aliphatic carbocycles. The molecule has 1 aliphatic heterocycles. The van der Waals surface area contributed by atoms with Crippen LogP contribution in [0, 0.1) is 0 Å². The summed E-state index contributed by atoms with van der Waals surface area (Å²) in [5.74, 6) is 0.0381. The van der Waals surface area contributed by atoms with Crippen LogP contribution >= 0.6 is 0 Å². The molecule has 1 heterocycles. The van der Waals surface area contributed by atoms with Crippen LogP contribution < -0.4 is 0 Å². The van der Waals surface area contributed by atoms with Crippen molar-refractivity contribution in [1.82, 2.24) is 4.90 Å². The molecule has 4 heteroatoms. The predicted molar refractivity (Wildman–Crippen MR) is 112 cm³/mol. The number of hydrogen-bond donors (Lipinski definition) is 1. The fourth-order valence-corrected chi connectivity index (χ4v) is 20.5. The molecule has 1 atom stereocenters. The fourth-order valence-electron chi connectivity index (χ4n) is 4.40. The van der Waals surface area contributed by atoms with E-state index in [0.717, 1.165) is 10.1 Å². The summed E-state index contributed by atoms with van der Waals surface area (Å²) in [5.41, 5.74) is 0.325. The topological polar surface area (TPSA) is 40.5 Å². The third-order valence-electron chi connectivity index (χ3n) is 6.11. The van der Waals surface area contributed by atoms with Crippen LogP contribution in [-0.2, 0) is 5.72 Å². The third-order valence-corrected chi connectivity index (χ3v) is 21.0. The monoisotopic (exact) mass is 467 g/mol. The van der Waals surface area contributed by atoms with Crippen molar-refractivity contribution in [3.8, 4) is 0 Å². The van der Waals surface area contributed by atoms with Crippen molar-refractivity contribution in [2.24, 2.45) is 0 Å². The van der Waals surface area contributed by atoms with Crippen LogP contribution in [0.4, 0.5) is 0 Å². The molecule has 146 valence electrons. The van der Waals surface area contributed by atoms with Crippen molar-refractivity contribution in [1.29, 1.82) is 0 Å². The van der Waals surface area contributed by atoms with Crippen LogP contribution in [0.25, 0.3) is 0 Å². The van der Waals surface area contributed by atoms with E-state index in [0.29, 0.717) is 5.56 Å².